The predicted molar refractivity (Wildman–Crippen MR) is 143 cm³/mol. The number of benzene rings is 3. The maximum Gasteiger partial charge on any atom is 0.313 e. The number of carbonyl (C=O) groups is 1. The van der Waals surface area contributed by atoms with Crippen LogP contribution in [0.1, 0.15) is 60.6 Å². The Labute approximate surface area is 214 Å². The Morgan fingerprint density at radius 3 is 2.03 bits per heavy atom. The lowest BCUT2D eigenvalue weighted by Crippen LogP contribution is -2.28. The predicted octanol–water partition coefficient (Wildman–Crippen LogP) is 6.29. The highest BCUT2D eigenvalue weighted by molar-refractivity contribution is 5.80. The molecule has 0 radical (unpaired) electrons. The number of aliphatic hydroxyl groups excluding tert-OH is 1. The van der Waals surface area contributed by atoms with E-state index >= 15 is 0 Å². The average molecular weight is 491 g/mol. The summed E-state index contributed by atoms with van der Waals surface area (Å²) in [6.07, 6.45) is 2.67. The summed E-state index contributed by atoms with van der Waals surface area (Å²) in [5.41, 5.74) is 3.81. The summed E-state index contributed by atoms with van der Waals surface area (Å²) in [6, 6.07) is 21.9. The van der Waals surface area contributed by atoms with Crippen molar-refractivity contribution >= 4 is 5.97 Å². The molecule has 0 aliphatic rings. The van der Waals surface area contributed by atoms with Crippen LogP contribution in [-0.4, -0.2) is 30.4 Å². The zero-order valence-electron chi connectivity index (χ0n) is 22.0. The molecule has 2 unspecified atom stereocenters. The number of carboxylic acids is 1. The number of aryl methyl sites for hydroxylation is 1. The Morgan fingerprint density at radius 2 is 1.50 bits per heavy atom. The van der Waals surface area contributed by atoms with Crippen molar-refractivity contribution in [3.63, 3.8) is 0 Å². The summed E-state index contributed by atoms with van der Waals surface area (Å²) in [4.78, 5) is 11.6. The van der Waals surface area contributed by atoms with Crippen molar-refractivity contribution in [1.82, 2.24) is 0 Å². The standard InChI is InChI=1S/C31H38O5/c1-21-27(35-4)19-25(20-28(21)36-5)29(32)24(13-9-12-22-10-7-6-8-11-22)18-23-14-16-26(17-15-23)31(2,3)30(33)34/h6-8,10-11,14-17,19-20,24,29,32H,9,12-13,18H2,1-5H3,(H,33,34). The summed E-state index contributed by atoms with van der Waals surface area (Å²) in [6.45, 7) is 5.35. The normalized spacial score (nSPS) is 13.2. The number of hydrogen-bond donors (Lipinski definition) is 2. The maximum atomic E-state index is 11.6. The van der Waals surface area contributed by atoms with Gasteiger partial charge in [0.05, 0.1) is 25.7 Å². The van der Waals surface area contributed by atoms with Crippen LogP contribution in [0.5, 0.6) is 11.5 Å². The summed E-state index contributed by atoms with van der Waals surface area (Å²) in [7, 11) is 3.24. The molecule has 0 aliphatic carbocycles. The summed E-state index contributed by atoms with van der Waals surface area (Å²) in [5.74, 6) is 0.481. The highest BCUT2D eigenvalue weighted by Crippen LogP contribution is 2.37. The first-order valence-electron chi connectivity index (χ1n) is 12.4. The Hall–Kier alpha value is -3.31. The number of aliphatic carboxylic acids is 1. The second-order valence-electron chi connectivity index (χ2n) is 9.96. The minimum absolute atomic E-state index is 0.0378. The molecule has 5 heteroatoms. The van der Waals surface area contributed by atoms with E-state index in [4.69, 9.17) is 9.47 Å². The van der Waals surface area contributed by atoms with Gasteiger partial charge >= 0.3 is 5.97 Å². The molecule has 0 aromatic heterocycles. The van der Waals surface area contributed by atoms with Crippen molar-refractivity contribution < 1.29 is 24.5 Å². The smallest absolute Gasteiger partial charge is 0.313 e. The van der Waals surface area contributed by atoms with Gasteiger partial charge in [0, 0.05) is 5.56 Å². The molecule has 3 aromatic carbocycles. The number of aliphatic hydroxyl groups is 1. The molecule has 3 aromatic rings. The van der Waals surface area contributed by atoms with Crippen molar-refractivity contribution in [3.05, 3.63) is 94.5 Å². The van der Waals surface area contributed by atoms with Gasteiger partial charge in [0.2, 0.25) is 0 Å². The third-order valence-corrected chi connectivity index (χ3v) is 7.15. The van der Waals surface area contributed by atoms with Gasteiger partial charge < -0.3 is 19.7 Å². The molecule has 0 spiro atoms. The van der Waals surface area contributed by atoms with Gasteiger partial charge in [-0.1, -0.05) is 54.6 Å². The quantitative estimate of drug-likeness (QED) is 0.312. The van der Waals surface area contributed by atoms with E-state index in [1.54, 1.807) is 28.1 Å². The fourth-order valence-corrected chi connectivity index (χ4v) is 4.62. The number of ether oxygens (including phenoxy) is 2. The fraction of sp³-hybridized carbons (Fsp3) is 0.387. The van der Waals surface area contributed by atoms with Gasteiger partial charge in [-0.25, -0.2) is 0 Å². The largest absolute Gasteiger partial charge is 0.496 e. The molecule has 36 heavy (non-hydrogen) atoms. The van der Waals surface area contributed by atoms with E-state index in [2.05, 4.69) is 12.1 Å². The van der Waals surface area contributed by atoms with Gasteiger partial charge in [-0.05, 0) is 86.8 Å². The third kappa shape index (κ3) is 6.46. The number of methoxy groups -OCH3 is 2. The molecule has 192 valence electrons. The molecule has 0 saturated heterocycles. The van der Waals surface area contributed by atoms with E-state index < -0.39 is 17.5 Å². The highest BCUT2D eigenvalue weighted by Gasteiger charge is 2.29. The van der Waals surface area contributed by atoms with Crippen molar-refractivity contribution in [2.75, 3.05) is 14.2 Å². The van der Waals surface area contributed by atoms with Gasteiger partial charge in [-0.3, -0.25) is 4.79 Å². The molecular weight excluding hydrogens is 452 g/mol. The molecule has 2 atom stereocenters. The molecule has 0 amide bonds. The minimum Gasteiger partial charge on any atom is -0.496 e. The van der Waals surface area contributed by atoms with E-state index in [1.807, 2.05) is 61.5 Å². The van der Waals surface area contributed by atoms with Crippen molar-refractivity contribution in [2.45, 2.75) is 58.0 Å². The summed E-state index contributed by atoms with van der Waals surface area (Å²) in [5, 5.41) is 21.1. The van der Waals surface area contributed by atoms with Crippen LogP contribution < -0.4 is 9.47 Å². The number of carboxylic acid groups (broad SMARTS) is 1. The monoisotopic (exact) mass is 490 g/mol. The molecular formula is C31H38O5. The topological polar surface area (TPSA) is 76.0 Å². The SMILES string of the molecule is COc1cc(C(O)C(CCCc2ccccc2)Cc2ccc(C(C)(C)C(=O)O)cc2)cc(OC)c1C. The lowest BCUT2D eigenvalue weighted by atomic mass is 9.82. The lowest BCUT2D eigenvalue weighted by Gasteiger charge is -2.26. The first-order valence-corrected chi connectivity index (χ1v) is 12.4. The molecule has 0 bridgehead atoms. The lowest BCUT2D eigenvalue weighted by molar-refractivity contribution is -0.142. The number of rotatable bonds is 12. The Morgan fingerprint density at radius 1 is 0.917 bits per heavy atom. The second-order valence-corrected chi connectivity index (χ2v) is 9.96. The Kier molecular flexibility index (Phi) is 9.16. The van der Waals surface area contributed by atoms with Crippen LogP contribution in [0, 0.1) is 12.8 Å². The van der Waals surface area contributed by atoms with Crippen LogP contribution in [0.25, 0.3) is 0 Å². The minimum atomic E-state index is -0.956. The highest BCUT2D eigenvalue weighted by atomic mass is 16.5. The van der Waals surface area contributed by atoms with Gasteiger partial charge in [0.15, 0.2) is 0 Å². The first-order chi connectivity index (χ1) is 17.2. The molecule has 0 heterocycles. The second kappa shape index (κ2) is 12.1. The van der Waals surface area contributed by atoms with Gasteiger partial charge in [0.1, 0.15) is 11.5 Å². The van der Waals surface area contributed by atoms with Crippen LogP contribution in [0.4, 0.5) is 0 Å². The molecule has 5 nitrogen and oxygen atoms in total. The van der Waals surface area contributed by atoms with E-state index in [0.717, 1.165) is 41.5 Å². The van der Waals surface area contributed by atoms with Crippen molar-refractivity contribution in [1.29, 1.82) is 0 Å². The molecule has 0 aliphatic heterocycles. The Balaban J connectivity index is 1.86. The van der Waals surface area contributed by atoms with Gasteiger partial charge in [-0.15, -0.1) is 0 Å². The van der Waals surface area contributed by atoms with E-state index in [0.29, 0.717) is 17.9 Å². The van der Waals surface area contributed by atoms with Crippen LogP contribution >= 0.6 is 0 Å². The van der Waals surface area contributed by atoms with E-state index in [-0.39, 0.29) is 5.92 Å². The first kappa shape index (κ1) is 27.3. The van der Waals surface area contributed by atoms with Crippen LogP contribution in [0.15, 0.2) is 66.7 Å². The zero-order chi connectivity index (χ0) is 26.3. The summed E-state index contributed by atoms with van der Waals surface area (Å²) < 4.78 is 11.1. The van der Waals surface area contributed by atoms with Crippen LogP contribution in [-0.2, 0) is 23.1 Å². The summed E-state index contributed by atoms with van der Waals surface area (Å²) >= 11 is 0. The van der Waals surface area contributed by atoms with Gasteiger partial charge in [-0.2, -0.15) is 0 Å². The fourth-order valence-electron chi connectivity index (χ4n) is 4.62. The molecule has 3 rings (SSSR count). The van der Waals surface area contributed by atoms with E-state index in [1.165, 1.54) is 5.56 Å². The Bertz CT molecular complexity index is 1110. The maximum absolute atomic E-state index is 11.6. The van der Waals surface area contributed by atoms with Crippen molar-refractivity contribution in [2.24, 2.45) is 5.92 Å². The van der Waals surface area contributed by atoms with Gasteiger partial charge in [0.25, 0.3) is 0 Å². The molecule has 2 N–H and O–H groups in total. The molecule has 0 saturated carbocycles. The molecule has 0 fully saturated rings. The van der Waals surface area contributed by atoms with E-state index in [9.17, 15) is 15.0 Å². The van der Waals surface area contributed by atoms with Crippen LogP contribution in [0.3, 0.4) is 0 Å². The zero-order valence-corrected chi connectivity index (χ0v) is 22.0. The van der Waals surface area contributed by atoms with Crippen molar-refractivity contribution in [3.8, 4) is 11.5 Å². The van der Waals surface area contributed by atoms with Crippen LogP contribution in [0.2, 0.25) is 0 Å². The third-order valence-electron chi connectivity index (χ3n) is 7.15. The number of hydrogen-bond acceptors (Lipinski definition) is 4. The average Bonchev–Trinajstić information content (AvgIpc) is 2.88.